The van der Waals surface area contributed by atoms with Gasteiger partial charge in [-0.3, -0.25) is 0 Å². The summed E-state index contributed by atoms with van der Waals surface area (Å²) in [4.78, 5) is 1.98. The second-order valence-electron chi connectivity index (χ2n) is 2.88. The van der Waals surface area contributed by atoms with Crippen LogP contribution in [0.1, 0.15) is 6.42 Å². The van der Waals surface area contributed by atoms with Crippen LogP contribution in [0.4, 0.5) is 12.0 Å². The fourth-order valence-corrected chi connectivity index (χ4v) is 1.29. The average Bonchev–Trinajstić information content (AvgIpc) is 2.43. The van der Waals surface area contributed by atoms with Gasteiger partial charge in [0.2, 0.25) is 0 Å². The lowest BCUT2D eigenvalue weighted by atomic mass is 10.4. The topological polar surface area (TPSA) is 77.4 Å². The average molecular weight is 184 g/mol. The molecule has 1 fully saturated rings. The number of hydrogen-bond acceptors (Lipinski definition) is 6. The molecular weight excluding hydrogens is 172 g/mol. The van der Waals surface area contributed by atoms with Gasteiger partial charge in [0.1, 0.15) is 0 Å². The predicted octanol–water partition coefficient (Wildman–Crippen LogP) is -0.122. The van der Waals surface area contributed by atoms with Crippen LogP contribution in [0.2, 0.25) is 0 Å². The first kappa shape index (κ1) is 8.31. The maximum Gasteiger partial charge on any atom is 0.319 e. The molecule has 2 rings (SSSR count). The highest BCUT2D eigenvalue weighted by Crippen LogP contribution is 2.14. The molecule has 6 nitrogen and oxygen atoms in total. The van der Waals surface area contributed by atoms with E-state index in [1.807, 2.05) is 4.90 Å². The molecule has 0 saturated carbocycles. The van der Waals surface area contributed by atoms with Crippen molar-refractivity contribution in [3.05, 3.63) is 0 Å². The van der Waals surface area contributed by atoms with Gasteiger partial charge in [-0.15, -0.1) is 0 Å². The van der Waals surface area contributed by atoms with E-state index in [1.165, 1.54) is 0 Å². The highest BCUT2D eigenvalue weighted by molar-refractivity contribution is 5.27. The molecule has 1 aliphatic heterocycles. The molecule has 13 heavy (non-hydrogen) atoms. The fraction of sp³-hybridized carbons (Fsp3) is 0.714. The van der Waals surface area contributed by atoms with Gasteiger partial charge < -0.3 is 19.8 Å². The summed E-state index contributed by atoms with van der Waals surface area (Å²) in [7, 11) is 0. The third kappa shape index (κ3) is 1.89. The number of hydrogen-bond donors (Lipinski definition) is 1. The highest BCUT2D eigenvalue weighted by Gasteiger charge is 2.14. The normalized spacial score (nSPS) is 18.6. The molecule has 2 heterocycles. The number of aromatic nitrogens is 2. The summed E-state index contributed by atoms with van der Waals surface area (Å²) in [6.45, 7) is 3.14. The lowest BCUT2D eigenvalue weighted by molar-refractivity contribution is 0.152. The Morgan fingerprint density at radius 3 is 2.92 bits per heavy atom. The summed E-state index contributed by atoms with van der Waals surface area (Å²) in [5.41, 5.74) is 5.33. The van der Waals surface area contributed by atoms with E-state index in [0.29, 0.717) is 12.6 Å². The smallest absolute Gasteiger partial charge is 0.319 e. The van der Waals surface area contributed by atoms with Crippen molar-refractivity contribution in [1.82, 2.24) is 10.2 Å². The SMILES string of the molecule is Nc1nnc(N2CCCOCC2)o1. The van der Waals surface area contributed by atoms with E-state index in [4.69, 9.17) is 14.9 Å². The maximum atomic E-state index is 5.33. The van der Waals surface area contributed by atoms with Crippen LogP contribution in [-0.2, 0) is 4.74 Å². The largest absolute Gasteiger partial charge is 0.390 e. The van der Waals surface area contributed by atoms with E-state index < -0.39 is 0 Å². The van der Waals surface area contributed by atoms with Crippen LogP contribution < -0.4 is 10.6 Å². The third-order valence-corrected chi connectivity index (χ3v) is 1.92. The molecule has 1 aromatic heterocycles. The quantitative estimate of drug-likeness (QED) is 0.655. The van der Waals surface area contributed by atoms with Crippen LogP contribution in [0.5, 0.6) is 0 Å². The maximum absolute atomic E-state index is 5.33. The van der Waals surface area contributed by atoms with Gasteiger partial charge in [-0.1, -0.05) is 10.2 Å². The summed E-state index contributed by atoms with van der Waals surface area (Å²) >= 11 is 0. The molecule has 1 aromatic rings. The molecule has 0 bridgehead atoms. The van der Waals surface area contributed by atoms with Gasteiger partial charge in [-0.2, -0.15) is 0 Å². The minimum absolute atomic E-state index is 0.111. The van der Waals surface area contributed by atoms with E-state index >= 15 is 0 Å². The summed E-state index contributed by atoms with van der Waals surface area (Å²) < 4.78 is 10.4. The lowest BCUT2D eigenvalue weighted by Crippen LogP contribution is -2.26. The zero-order valence-corrected chi connectivity index (χ0v) is 7.27. The Labute approximate surface area is 75.7 Å². The number of ether oxygens (including phenoxy) is 1. The lowest BCUT2D eigenvalue weighted by Gasteiger charge is -2.15. The van der Waals surface area contributed by atoms with Crippen molar-refractivity contribution in [2.75, 3.05) is 36.9 Å². The summed E-state index contributed by atoms with van der Waals surface area (Å²) in [5, 5.41) is 7.41. The van der Waals surface area contributed by atoms with E-state index in [2.05, 4.69) is 10.2 Å². The number of anilines is 2. The molecule has 0 spiro atoms. The monoisotopic (exact) mass is 184 g/mol. The van der Waals surface area contributed by atoms with Gasteiger partial charge in [0.25, 0.3) is 0 Å². The molecule has 0 amide bonds. The van der Waals surface area contributed by atoms with Crippen LogP contribution in [-0.4, -0.2) is 36.5 Å². The van der Waals surface area contributed by atoms with Crippen LogP contribution in [0, 0.1) is 0 Å². The first-order valence-corrected chi connectivity index (χ1v) is 4.28. The van der Waals surface area contributed by atoms with Gasteiger partial charge in [-0.25, -0.2) is 0 Å². The first-order valence-electron chi connectivity index (χ1n) is 4.28. The van der Waals surface area contributed by atoms with Crippen molar-refractivity contribution in [3.63, 3.8) is 0 Å². The van der Waals surface area contributed by atoms with Crippen LogP contribution >= 0.6 is 0 Å². The van der Waals surface area contributed by atoms with Crippen LogP contribution in [0.3, 0.4) is 0 Å². The first-order chi connectivity index (χ1) is 6.36. The molecule has 0 aromatic carbocycles. The fourth-order valence-electron chi connectivity index (χ4n) is 1.29. The molecule has 6 heteroatoms. The standard InChI is InChI=1S/C7H12N4O2/c8-6-9-10-7(13-6)11-2-1-4-12-5-3-11/h1-5H2,(H2,8,9). The van der Waals surface area contributed by atoms with Gasteiger partial charge in [0, 0.05) is 19.7 Å². The molecular formula is C7H12N4O2. The summed E-state index contributed by atoms with van der Waals surface area (Å²) in [6.07, 6.45) is 0.974. The Morgan fingerprint density at radius 2 is 2.15 bits per heavy atom. The van der Waals surface area contributed by atoms with E-state index in [1.54, 1.807) is 0 Å². The van der Waals surface area contributed by atoms with Gasteiger partial charge in [-0.05, 0) is 6.42 Å². The van der Waals surface area contributed by atoms with Crippen molar-refractivity contribution >= 4 is 12.0 Å². The Morgan fingerprint density at radius 1 is 1.23 bits per heavy atom. The summed E-state index contributed by atoms with van der Waals surface area (Å²) in [6, 6.07) is 0.600. The van der Waals surface area contributed by atoms with Crippen molar-refractivity contribution in [1.29, 1.82) is 0 Å². The van der Waals surface area contributed by atoms with Gasteiger partial charge in [0.05, 0.1) is 6.61 Å². The third-order valence-electron chi connectivity index (χ3n) is 1.92. The van der Waals surface area contributed by atoms with Gasteiger partial charge >= 0.3 is 12.0 Å². The Kier molecular flexibility index (Phi) is 2.31. The molecule has 72 valence electrons. The molecule has 2 N–H and O–H groups in total. The molecule has 0 aliphatic carbocycles. The predicted molar refractivity (Wildman–Crippen MR) is 46.4 cm³/mol. The number of nitrogens with two attached hydrogens (primary N) is 1. The zero-order chi connectivity index (χ0) is 9.10. The highest BCUT2D eigenvalue weighted by atomic mass is 16.5. The minimum atomic E-state index is 0.111. The Balaban J connectivity index is 2.06. The number of nitrogens with zero attached hydrogens (tertiary/aromatic N) is 3. The summed E-state index contributed by atoms with van der Waals surface area (Å²) in [5.74, 6) is 0. The molecule has 1 aliphatic rings. The van der Waals surface area contributed by atoms with Crippen molar-refractivity contribution < 1.29 is 9.15 Å². The minimum Gasteiger partial charge on any atom is -0.390 e. The molecule has 1 saturated heterocycles. The molecule has 0 radical (unpaired) electrons. The molecule has 0 atom stereocenters. The molecule has 0 unspecified atom stereocenters. The Bertz CT molecular complexity index is 267. The van der Waals surface area contributed by atoms with Crippen LogP contribution in [0.15, 0.2) is 4.42 Å². The van der Waals surface area contributed by atoms with Gasteiger partial charge in [0.15, 0.2) is 0 Å². The van der Waals surface area contributed by atoms with Crippen molar-refractivity contribution in [3.8, 4) is 0 Å². The van der Waals surface area contributed by atoms with Crippen molar-refractivity contribution in [2.45, 2.75) is 6.42 Å². The second kappa shape index (κ2) is 3.61. The van der Waals surface area contributed by atoms with Crippen LogP contribution in [0.25, 0.3) is 0 Å². The van der Waals surface area contributed by atoms with E-state index in [0.717, 1.165) is 26.1 Å². The van der Waals surface area contributed by atoms with Crippen molar-refractivity contribution in [2.24, 2.45) is 0 Å². The number of nitrogen functional groups attached to an aromatic ring is 1. The zero-order valence-electron chi connectivity index (χ0n) is 7.27. The number of rotatable bonds is 1. The van der Waals surface area contributed by atoms with E-state index in [-0.39, 0.29) is 6.01 Å². The Hall–Kier alpha value is -1.30. The second-order valence-corrected chi connectivity index (χ2v) is 2.88. The van der Waals surface area contributed by atoms with E-state index in [9.17, 15) is 0 Å².